The average molecular weight is 340 g/mol. The van der Waals surface area contributed by atoms with Gasteiger partial charge in [-0.05, 0) is 24.3 Å². The Morgan fingerprint density at radius 3 is 2.64 bits per heavy atom. The number of nitrogens with zero attached hydrogens (tertiary/aromatic N) is 4. The molecule has 0 spiro atoms. The second-order valence-electron chi connectivity index (χ2n) is 4.73. The average Bonchev–Trinajstić information content (AvgIpc) is 3.21. The third-order valence-electron chi connectivity index (χ3n) is 3.37. The van der Waals surface area contributed by atoms with E-state index in [4.69, 9.17) is 4.99 Å². The van der Waals surface area contributed by atoms with Crippen LogP contribution in [-0.2, 0) is 0 Å². The number of aromatic nitrogens is 3. The molecule has 3 heterocycles. The monoisotopic (exact) mass is 340 g/mol. The summed E-state index contributed by atoms with van der Waals surface area (Å²) >= 11 is 4.70. The molecule has 0 atom stereocenters. The van der Waals surface area contributed by atoms with Crippen LogP contribution in [0.15, 0.2) is 53.5 Å². The predicted molar refractivity (Wildman–Crippen MR) is 93.3 cm³/mol. The molecule has 2 aromatic carbocycles. The van der Waals surface area contributed by atoms with Crippen LogP contribution in [0.4, 0.5) is 5.13 Å². The fourth-order valence-electron chi connectivity index (χ4n) is 2.40. The second-order valence-corrected chi connectivity index (χ2v) is 7.48. The summed E-state index contributed by atoms with van der Waals surface area (Å²) in [7, 11) is 0. The first kappa shape index (κ1) is 12.5. The lowest BCUT2D eigenvalue weighted by atomic mass is 10.3. The number of hydrogen-bond acceptors (Lipinski definition) is 6. The van der Waals surface area contributed by atoms with Crippen molar-refractivity contribution >= 4 is 64.7 Å². The fraction of sp³-hybridized carbons (Fsp3) is 0. The van der Waals surface area contributed by atoms with Crippen LogP contribution in [0.2, 0.25) is 0 Å². The van der Waals surface area contributed by atoms with Crippen molar-refractivity contribution in [3.8, 4) is 0 Å². The molecule has 22 heavy (non-hydrogen) atoms. The van der Waals surface area contributed by atoms with Crippen molar-refractivity contribution in [2.45, 2.75) is 0 Å². The van der Waals surface area contributed by atoms with Crippen molar-refractivity contribution in [1.29, 1.82) is 0 Å². The van der Waals surface area contributed by atoms with E-state index in [1.165, 1.54) is 16.2 Å². The molecular weight excluding hydrogens is 332 g/mol. The molecule has 0 aliphatic carbocycles. The van der Waals surface area contributed by atoms with Crippen LogP contribution in [0.3, 0.4) is 0 Å². The summed E-state index contributed by atoms with van der Waals surface area (Å²) in [5, 5.41) is 0.773. The summed E-state index contributed by atoms with van der Waals surface area (Å²) in [6.07, 6.45) is 0. The van der Waals surface area contributed by atoms with Crippen LogP contribution < -0.4 is 4.80 Å². The summed E-state index contributed by atoms with van der Waals surface area (Å²) in [6, 6.07) is 16.4. The van der Waals surface area contributed by atoms with Crippen LogP contribution in [0.1, 0.15) is 0 Å². The van der Waals surface area contributed by atoms with Crippen molar-refractivity contribution in [2.24, 2.45) is 4.99 Å². The molecule has 0 aliphatic rings. The number of hydrogen-bond donors (Lipinski definition) is 0. The number of thiazole rings is 2. The third-order valence-corrected chi connectivity index (χ3v) is 6.14. The minimum absolute atomic E-state index is 0.773. The molecule has 0 fully saturated rings. The fourth-order valence-corrected chi connectivity index (χ4v) is 5.13. The van der Waals surface area contributed by atoms with E-state index in [0.29, 0.717) is 0 Å². The summed E-state index contributed by atoms with van der Waals surface area (Å²) in [5.41, 5.74) is 2.14. The molecule has 4 nitrogen and oxygen atoms in total. The van der Waals surface area contributed by atoms with E-state index in [1.807, 2.05) is 30.3 Å². The van der Waals surface area contributed by atoms with E-state index in [0.717, 1.165) is 30.6 Å². The number of para-hydroxylation sites is 2. The van der Waals surface area contributed by atoms with Gasteiger partial charge in [0.05, 0.1) is 20.4 Å². The topological polar surface area (TPSA) is 42.5 Å². The summed E-state index contributed by atoms with van der Waals surface area (Å²) < 4.78 is 9.00. The highest BCUT2D eigenvalue weighted by molar-refractivity contribution is 7.24. The second kappa shape index (κ2) is 4.70. The first-order chi connectivity index (χ1) is 10.9. The highest BCUT2D eigenvalue weighted by Crippen LogP contribution is 2.28. The van der Waals surface area contributed by atoms with Gasteiger partial charge in [0.25, 0.3) is 0 Å². The molecule has 3 aromatic heterocycles. The molecule has 0 amide bonds. The Morgan fingerprint density at radius 2 is 1.73 bits per heavy atom. The summed E-state index contributed by atoms with van der Waals surface area (Å²) in [4.78, 5) is 11.1. The lowest BCUT2D eigenvalue weighted by molar-refractivity contribution is 1.15. The van der Waals surface area contributed by atoms with Crippen LogP contribution in [0.5, 0.6) is 0 Å². The molecule has 0 aliphatic heterocycles. The smallest absolute Gasteiger partial charge is 0.217 e. The molecule has 0 unspecified atom stereocenters. The summed E-state index contributed by atoms with van der Waals surface area (Å²) in [6.45, 7) is 0. The van der Waals surface area contributed by atoms with Crippen molar-refractivity contribution < 1.29 is 0 Å². The highest BCUT2D eigenvalue weighted by Gasteiger charge is 2.09. The predicted octanol–water partition coefficient (Wildman–Crippen LogP) is 4.45. The third kappa shape index (κ3) is 1.83. The van der Waals surface area contributed by atoms with Crippen LogP contribution in [0, 0.1) is 0 Å². The Labute approximate surface area is 136 Å². The quantitative estimate of drug-likeness (QED) is 0.452. The van der Waals surface area contributed by atoms with Gasteiger partial charge in [0.2, 0.25) is 14.9 Å². The number of fused-ring (bicyclic) bond motifs is 4. The molecule has 0 bridgehead atoms. The van der Waals surface area contributed by atoms with E-state index < -0.39 is 0 Å². The largest absolute Gasteiger partial charge is 0.258 e. The van der Waals surface area contributed by atoms with Gasteiger partial charge in [0, 0.05) is 11.5 Å². The lowest BCUT2D eigenvalue weighted by Crippen LogP contribution is -2.03. The van der Waals surface area contributed by atoms with E-state index >= 15 is 0 Å². The van der Waals surface area contributed by atoms with Crippen molar-refractivity contribution in [2.75, 3.05) is 0 Å². The minimum Gasteiger partial charge on any atom is -0.258 e. The zero-order valence-corrected chi connectivity index (χ0v) is 13.6. The van der Waals surface area contributed by atoms with Gasteiger partial charge in [0.1, 0.15) is 0 Å². The Morgan fingerprint density at radius 1 is 0.909 bits per heavy atom. The Bertz CT molecular complexity index is 1160. The number of rotatable bonds is 1. The first-order valence-corrected chi connectivity index (χ1v) is 9.05. The molecular formula is C15H8N4S3. The Kier molecular flexibility index (Phi) is 2.66. The SMILES string of the molecule is c1ccc2sc(/N=c3\snc4sc5ccccc5n34)nc2c1. The Hall–Kier alpha value is -2.09. The van der Waals surface area contributed by atoms with Crippen molar-refractivity contribution in [3.05, 3.63) is 53.3 Å². The van der Waals surface area contributed by atoms with Gasteiger partial charge < -0.3 is 0 Å². The van der Waals surface area contributed by atoms with E-state index in [2.05, 4.69) is 32.0 Å². The van der Waals surface area contributed by atoms with Crippen LogP contribution in [-0.4, -0.2) is 13.8 Å². The maximum absolute atomic E-state index is 4.72. The Balaban J connectivity index is 1.81. The van der Waals surface area contributed by atoms with Crippen molar-refractivity contribution in [3.63, 3.8) is 0 Å². The van der Waals surface area contributed by atoms with Gasteiger partial charge in [-0.15, -0.1) is 0 Å². The van der Waals surface area contributed by atoms with Crippen LogP contribution >= 0.6 is 34.2 Å². The van der Waals surface area contributed by atoms with Gasteiger partial charge in [0.15, 0.2) is 0 Å². The standard InChI is InChI=1S/C15H8N4S3/c1-3-7-11-9(5-1)16-13(20-11)17-14-19-10-6-2-4-8-12(10)21-15(19)18-22-14/h1-8H/b17-14-. The van der Waals surface area contributed by atoms with Gasteiger partial charge in [-0.25, -0.2) is 4.98 Å². The van der Waals surface area contributed by atoms with E-state index in [-0.39, 0.29) is 0 Å². The van der Waals surface area contributed by atoms with E-state index in [1.54, 1.807) is 22.7 Å². The molecule has 5 rings (SSSR count). The molecule has 0 saturated heterocycles. The molecule has 5 aromatic rings. The molecule has 0 saturated carbocycles. The zero-order valence-electron chi connectivity index (χ0n) is 11.1. The maximum Gasteiger partial charge on any atom is 0.217 e. The summed E-state index contributed by atoms with van der Waals surface area (Å²) in [5.74, 6) is 0. The van der Waals surface area contributed by atoms with Gasteiger partial charge in [-0.3, -0.25) is 4.40 Å². The van der Waals surface area contributed by atoms with Gasteiger partial charge in [-0.1, -0.05) is 46.9 Å². The molecule has 0 radical (unpaired) electrons. The minimum atomic E-state index is 0.773. The van der Waals surface area contributed by atoms with Gasteiger partial charge >= 0.3 is 0 Å². The maximum atomic E-state index is 4.72. The van der Waals surface area contributed by atoms with Crippen LogP contribution in [0.25, 0.3) is 25.4 Å². The molecule has 7 heteroatoms. The number of benzene rings is 2. The first-order valence-electron chi connectivity index (χ1n) is 6.65. The van der Waals surface area contributed by atoms with Gasteiger partial charge in [-0.2, -0.15) is 9.37 Å². The van der Waals surface area contributed by atoms with E-state index in [9.17, 15) is 0 Å². The molecule has 0 N–H and O–H groups in total. The van der Waals surface area contributed by atoms with Crippen molar-refractivity contribution in [1.82, 2.24) is 13.8 Å². The molecule has 106 valence electrons. The lowest BCUT2D eigenvalue weighted by Gasteiger charge is -1.89. The highest BCUT2D eigenvalue weighted by atomic mass is 32.1. The zero-order chi connectivity index (χ0) is 14.5. The normalized spacial score (nSPS) is 12.8.